The molecule has 6 nitrogen and oxygen atoms in total. The minimum atomic E-state index is -0.00383. The number of aromatic nitrogens is 2. The van der Waals surface area contributed by atoms with Crippen molar-refractivity contribution in [1.29, 1.82) is 0 Å². The fraction of sp³-hybridized carbons (Fsp3) is 0.200. The van der Waals surface area contributed by atoms with E-state index in [0.29, 0.717) is 35.4 Å². The van der Waals surface area contributed by atoms with Crippen molar-refractivity contribution in [2.75, 3.05) is 20.8 Å². The van der Waals surface area contributed by atoms with Crippen molar-refractivity contribution in [3.63, 3.8) is 0 Å². The molecular weight excluding hydrogens is 458 g/mol. The molecule has 0 radical (unpaired) electrons. The fourth-order valence-electron chi connectivity index (χ4n) is 4.21. The minimum absolute atomic E-state index is 0.00383. The number of fused-ring (bicyclic) bond motifs is 1. The number of hydrogen-bond donors (Lipinski definition) is 0. The number of carbonyl (C=O) groups is 1. The standard InChI is InChI=1S/C25H22ClN3O3S/c1-31-17-5-3-16(4-6-17)14-29-12-11-28-15-19(18-9-10-27-13-20(18)32-2)23(24(28)25(29)30)21-7-8-22(26)33-21/h3-10,13,15H,11-12,14H2,1-2H3. The average molecular weight is 480 g/mol. The molecule has 168 valence electrons. The molecule has 8 heteroatoms. The Morgan fingerprint density at radius 3 is 2.55 bits per heavy atom. The number of rotatable bonds is 6. The summed E-state index contributed by atoms with van der Waals surface area (Å²) in [5.74, 6) is 1.45. The van der Waals surface area contributed by atoms with Crippen LogP contribution in [0.5, 0.6) is 11.5 Å². The van der Waals surface area contributed by atoms with Crippen molar-refractivity contribution in [3.8, 4) is 33.1 Å². The van der Waals surface area contributed by atoms with Crippen LogP contribution in [0, 0.1) is 0 Å². The van der Waals surface area contributed by atoms with Gasteiger partial charge in [-0.2, -0.15) is 0 Å². The van der Waals surface area contributed by atoms with E-state index < -0.39 is 0 Å². The Morgan fingerprint density at radius 2 is 1.85 bits per heavy atom. The number of amides is 1. The van der Waals surface area contributed by atoms with Crippen LogP contribution < -0.4 is 9.47 Å². The fourth-order valence-corrected chi connectivity index (χ4v) is 5.31. The zero-order chi connectivity index (χ0) is 22.9. The molecule has 0 aliphatic carbocycles. The van der Waals surface area contributed by atoms with Crippen molar-refractivity contribution < 1.29 is 14.3 Å². The van der Waals surface area contributed by atoms with Gasteiger partial charge in [-0.3, -0.25) is 9.78 Å². The van der Waals surface area contributed by atoms with Crippen LogP contribution in [0.1, 0.15) is 16.1 Å². The Kier molecular flexibility index (Phi) is 5.83. The molecule has 5 rings (SSSR count). The summed E-state index contributed by atoms with van der Waals surface area (Å²) in [7, 11) is 3.27. The lowest BCUT2D eigenvalue weighted by Crippen LogP contribution is -2.39. The highest BCUT2D eigenvalue weighted by Crippen LogP contribution is 2.44. The van der Waals surface area contributed by atoms with Crippen molar-refractivity contribution in [2.45, 2.75) is 13.1 Å². The van der Waals surface area contributed by atoms with Crippen LogP contribution in [0.4, 0.5) is 0 Å². The van der Waals surface area contributed by atoms with Gasteiger partial charge in [-0.25, -0.2) is 0 Å². The molecule has 1 amide bonds. The molecule has 3 aromatic heterocycles. The first kappa shape index (κ1) is 21.6. The highest BCUT2D eigenvalue weighted by Gasteiger charge is 2.32. The van der Waals surface area contributed by atoms with Crippen LogP contribution in [0.15, 0.2) is 61.1 Å². The second-order valence-electron chi connectivity index (χ2n) is 7.71. The van der Waals surface area contributed by atoms with Crippen molar-refractivity contribution in [1.82, 2.24) is 14.5 Å². The van der Waals surface area contributed by atoms with Crippen LogP contribution in [0.25, 0.3) is 21.6 Å². The van der Waals surface area contributed by atoms with E-state index in [-0.39, 0.29) is 5.91 Å². The second kappa shape index (κ2) is 8.92. The largest absolute Gasteiger partial charge is 0.497 e. The lowest BCUT2D eigenvalue weighted by molar-refractivity contribution is 0.0692. The molecule has 1 aliphatic heterocycles. The molecule has 0 N–H and O–H groups in total. The van der Waals surface area contributed by atoms with Gasteiger partial charge < -0.3 is 18.9 Å². The van der Waals surface area contributed by atoms with Crippen molar-refractivity contribution >= 4 is 28.8 Å². The second-order valence-corrected chi connectivity index (χ2v) is 9.43. The van der Waals surface area contributed by atoms with Gasteiger partial charge >= 0.3 is 0 Å². The summed E-state index contributed by atoms with van der Waals surface area (Å²) in [6.45, 7) is 1.87. The summed E-state index contributed by atoms with van der Waals surface area (Å²) >= 11 is 7.75. The number of hydrogen-bond acceptors (Lipinski definition) is 5. The normalized spacial score (nSPS) is 13.2. The zero-order valence-electron chi connectivity index (χ0n) is 18.2. The first-order valence-electron chi connectivity index (χ1n) is 10.5. The molecule has 4 aromatic rings. The average Bonchev–Trinajstić information content (AvgIpc) is 3.45. The lowest BCUT2D eigenvalue weighted by atomic mass is 10.0. The van der Waals surface area contributed by atoms with Crippen LogP contribution in [-0.2, 0) is 13.1 Å². The molecule has 0 saturated carbocycles. The number of thiophene rings is 1. The van der Waals surface area contributed by atoms with Crippen LogP contribution in [-0.4, -0.2) is 41.1 Å². The quantitative estimate of drug-likeness (QED) is 0.361. The summed E-state index contributed by atoms with van der Waals surface area (Å²) < 4.78 is 13.5. The predicted molar refractivity (Wildman–Crippen MR) is 130 cm³/mol. The summed E-state index contributed by atoms with van der Waals surface area (Å²) in [6.07, 6.45) is 5.46. The van der Waals surface area contributed by atoms with E-state index in [1.807, 2.05) is 58.1 Å². The maximum atomic E-state index is 13.8. The van der Waals surface area contributed by atoms with E-state index in [1.54, 1.807) is 26.6 Å². The Bertz CT molecular complexity index is 1310. The first-order chi connectivity index (χ1) is 16.1. The zero-order valence-corrected chi connectivity index (χ0v) is 19.8. The SMILES string of the molecule is COc1ccc(CN2CCn3cc(-c4ccncc4OC)c(-c4ccc(Cl)s4)c3C2=O)cc1. The lowest BCUT2D eigenvalue weighted by Gasteiger charge is -2.29. The molecule has 0 saturated heterocycles. The topological polar surface area (TPSA) is 56.6 Å². The van der Waals surface area contributed by atoms with Gasteiger partial charge in [0.2, 0.25) is 0 Å². The number of carbonyl (C=O) groups excluding carboxylic acids is 1. The van der Waals surface area contributed by atoms with E-state index in [2.05, 4.69) is 4.98 Å². The van der Waals surface area contributed by atoms with Crippen LogP contribution in [0.3, 0.4) is 0 Å². The van der Waals surface area contributed by atoms with Gasteiger partial charge in [-0.15, -0.1) is 11.3 Å². The van der Waals surface area contributed by atoms with Gasteiger partial charge in [0, 0.05) is 53.6 Å². The molecule has 0 atom stereocenters. The Hall–Kier alpha value is -3.29. The molecular formula is C25H22ClN3O3S. The molecule has 33 heavy (non-hydrogen) atoms. The third-order valence-corrected chi connectivity index (χ3v) is 7.07. The van der Waals surface area contributed by atoms with Crippen LogP contribution >= 0.6 is 22.9 Å². The van der Waals surface area contributed by atoms with Gasteiger partial charge in [0.15, 0.2) is 0 Å². The molecule has 0 unspecified atom stereocenters. The number of pyridine rings is 1. The monoisotopic (exact) mass is 479 g/mol. The van der Waals surface area contributed by atoms with Crippen LogP contribution in [0.2, 0.25) is 4.34 Å². The maximum Gasteiger partial charge on any atom is 0.271 e. The predicted octanol–water partition coefficient (Wildman–Crippen LogP) is 5.61. The summed E-state index contributed by atoms with van der Waals surface area (Å²) in [4.78, 5) is 20.8. The van der Waals surface area contributed by atoms with E-state index in [1.165, 1.54) is 11.3 Å². The Balaban J connectivity index is 1.59. The number of nitrogens with zero attached hydrogens (tertiary/aromatic N) is 3. The highest BCUT2D eigenvalue weighted by molar-refractivity contribution is 7.19. The van der Waals surface area contributed by atoms with Gasteiger partial charge in [0.1, 0.15) is 17.2 Å². The number of methoxy groups -OCH3 is 2. The maximum absolute atomic E-state index is 13.8. The third kappa shape index (κ3) is 3.98. The summed E-state index contributed by atoms with van der Waals surface area (Å²) in [5.41, 5.74) is 4.43. The molecule has 0 fully saturated rings. The molecule has 1 aromatic carbocycles. The van der Waals surface area contributed by atoms with E-state index >= 15 is 0 Å². The van der Waals surface area contributed by atoms with Gasteiger partial charge in [0.05, 0.1) is 24.8 Å². The van der Waals surface area contributed by atoms with E-state index in [9.17, 15) is 4.79 Å². The number of halogens is 1. The smallest absolute Gasteiger partial charge is 0.271 e. The Labute approximate surface area is 201 Å². The third-order valence-electron chi connectivity index (χ3n) is 5.83. The number of benzene rings is 1. The number of ether oxygens (including phenoxy) is 2. The summed E-state index contributed by atoms with van der Waals surface area (Å²) in [6, 6.07) is 13.6. The molecule has 1 aliphatic rings. The highest BCUT2D eigenvalue weighted by atomic mass is 35.5. The summed E-state index contributed by atoms with van der Waals surface area (Å²) in [5, 5.41) is 0. The Morgan fingerprint density at radius 1 is 1.03 bits per heavy atom. The van der Waals surface area contributed by atoms with Gasteiger partial charge in [0.25, 0.3) is 5.91 Å². The molecule has 0 bridgehead atoms. The van der Waals surface area contributed by atoms with Gasteiger partial charge in [-0.1, -0.05) is 23.7 Å². The molecule has 0 spiro atoms. The van der Waals surface area contributed by atoms with E-state index in [0.717, 1.165) is 32.9 Å². The minimum Gasteiger partial charge on any atom is -0.497 e. The van der Waals surface area contributed by atoms with Crippen molar-refractivity contribution in [3.05, 3.63) is 76.6 Å². The van der Waals surface area contributed by atoms with Gasteiger partial charge in [-0.05, 0) is 35.9 Å². The first-order valence-corrected chi connectivity index (χ1v) is 11.7. The van der Waals surface area contributed by atoms with Crippen molar-refractivity contribution in [2.24, 2.45) is 0 Å². The molecule has 4 heterocycles. The van der Waals surface area contributed by atoms with E-state index in [4.69, 9.17) is 21.1 Å².